The van der Waals surface area contributed by atoms with Gasteiger partial charge in [0.05, 0.1) is 5.92 Å². The first kappa shape index (κ1) is 15.2. The van der Waals surface area contributed by atoms with Crippen LogP contribution in [0.5, 0.6) is 0 Å². The lowest BCUT2D eigenvalue weighted by molar-refractivity contribution is -0.179. The Kier molecular flexibility index (Phi) is 4.11. The van der Waals surface area contributed by atoms with Crippen LogP contribution in [0.1, 0.15) is 26.3 Å². The Hall–Kier alpha value is -2.17. The summed E-state index contributed by atoms with van der Waals surface area (Å²) < 4.78 is 10.1. The first-order valence-corrected chi connectivity index (χ1v) is 6.81. The summed E-state index contributed by atoms with van der Waals surface area (Å²) in [7, 11) is 0. The van der Waals surface area contributed by atoms with Crippen LogP contribution in [0.4, 0.5) is 0 Å². The molecule has 0 N–H and O–H groups in total. The van der Waals surface area contributed by atoms with Crippen LogP contribution in [-0.2, 0) is 30.3 Å². The molecule has 1 saturated heterocycles. The molecule has 1 aliphatic heterocycles. The molecule has 0 radical (unpaired) electrons. The van der Waals surface area contributed by atoms with Gasteiger partial charge in [-0.2, -0.15) is 0 Å². The molecule has 112 valence electrons. The normalized spacial score (nSPS) is 28.0. The summed E-state index contributed by atoms with van der Waals surface area (Å²) in [5.41, 5.74) is -0.443. The predicted octanol–water partition coefficient (Wildman–Crippen LogP) is 1.89. The zero-order valence-corrected chi connectivity index (χ0v) is 12.3. The molecule has 1 fully saturated rings. The average molecular weight is 290 g/mol. The molecule has 1 aromatic carbocycles. The Balaban J connectivity index is 2.35. The number of Topliss-reactive ketones (excluding diaryl/α,β-unsaturated/α-hetero) is 1. The highest BCUT2D eigenvalue weighted by Gasteiger charge is 2.59. The Labute approximate surface area is 123 Å². The van der Waals surface area contributed by atoms with E-state index >= 15 is 0 Å². The van der Waals surface area contributed by atoms with Gasteiger partial charge >= 0.3 is 11.9 Å². The molecule has 1 aromatic rings. The molecule has 0 aromatic heterocycles. The van der Waals surface area contributed by atoms with Crippen LogP contribution in [0, 0.1) is 11.3 Å². The van der Waals surface area contributed by atoms with Gasteiger partial charge in [-0.15, -0.1) is 0 Å². The minimum atomic E-state index is -1.30. The Bertz CT molecular complexity index is 565. The largest absolute Gasteiger partial charge is 0.425 e. The van der Waals surface area contributed by atoms with Gasteiger partial charge in [0, 0.05) is 6.92 Å². The molecule has 0 unspecified atom stereocenters. The highest BCUT2D eigenvalue weighted by Crippen LogP contribution is 2.43. The summed E-state index contributed by atoms with van der Waals surface area (Å²) in [6.07, 6.45) is -0.774. The van der Waals surface area contributed by atoms with E-state index in [1.54, 1.807) is 6.92 Å². The van der Waals surface area contributed by atoms with Crippen molar-refractivity contribution in [2.24, 2.45) is 11.3 Å². The highest BCUT2D eigenvalue weighted by molar-refractivity contribution is 6.04. The van der Waals surface area contributed by atoms with E-state index in [9.17, 15) is 14.4 Å². The van der Waals surface area contributed by atoms with Crippen molar-refractivity contribution in [1.82, 2.24) is 0 Å². The fourth-order valence-corrected chi connectivity index (χ4v) is 2.76. The molecule has 2 rings (SSSR count). The average Bonchev–Trinajstić information content (AvgIpc) is 2.64. The topological polar surface area (TPSA) is 69.7 Å². The van der Waals surface area contributed by atoms with E-state index in [1.165, 1.54) is 13.8 Å². The molecule has 1 heterocycles. The van der Waals surface area contributed by atoms with Crippen molar-refractivity contribution < 1.29 is 23.9 Å². The number of benzene rings is 1. The fourth-order valence-electron chi connectivity index (χ4n) is 2.76. The maximum absolute atomic E-state index is 12.3. The lowest BCUT2D eigenvalue weighted by Crippen LogP contribution is -2.42. The molecule has 21 heavy (non-hydrogen) atoms. The van der Waals surface area contributed by atoms with Crippen molar-refractivity contribution in [1.29, 1.82) is 0 Å². The standard InChI is InChI=1S/C16H18O5/c1-10-14(20-12(3)18)21-15(19)16(10,11(2)17)9-13-7-5-4-6-8-13/h4-8,10,14H,9H2,1-3H3/t10-,14-,16-/m1/s1. The number of carbonyl (C=O) groups excluding carboxylic acids is 3. The third-order valence-electron chi connectivity index (χ3n) is 4.01. The van der Waals surface area contributed by atoms with Gasteiger partial charge in [-0.1, -0.05) is 37.3 Å². The van der Waals surface area contributed by atoms with Crippen LogP contribution in [0.3, 0.4) is 0 Å². The van der Waals surface area contributed by atoms with Crippen LogP contribution in [0.2, 0.25) is 0 Å². The molecule has 0 spiro atoms. The quantitative estimate of drug-likeness (QED) is 0.625. The number of ketones is 1. The number of cyclic esters (lactones) is 1. The Morgan fingerprint density at radius 3 is 2.38 bits per heavy atom. The van der Waals surface area contributed by atoms with E-state index in [-0.39, 0.29) is 12.2 Å². The lowest BCUT2D eigenvalue weighted by atomic mass is 9.70. The Morgan fingerprint density at radius 1 is 1.24 bits per heavy atom. The van der Waals surface area contributed by atoms with E-state index < -0.39 is 29.6 Å². The number of esters is 2. The molecule has 5 heteroatoms. The summed E-state index contributed by atoms with van der Waals surface area (Å²) in [5, 5.41) is 0. The second kappa shape index (κ2) is 5.68. The van der Waals surface area contributed by atoms with Crippen molar-refractivity contribution in [3.8, 4) is 0 Å². The van der Waals surface area contributed by atoms with Crippen molar-refractivity contribution in [3.05, 3.63) is 35.9 Å². The van der Waals surface area contributed by atoms with E-state index in [2.05, 4.69) is 0 Å². The number of hydrogen-bond acceptors (Lipinski definition) is 5. The second-order valence-electron chi connectivity index (χ2n) is 5.36. The van der Waals surface area contributed by atoms with Crippen molar-refractivity contribution in [2.75, 3.05) is 0 Å². The summed E-state index contributed by atoms with van der Waals surface area (Å²) in [6, 6.07) is 9.26. The highest BCUT2D eigenvalue weighted by atomic mass is 16.7. The van der Waals surface area contributed by atoms with Crippen LogP contribution in [0.15, 0.2) is 30.3 Å². The maximum atomic E-state index is 12.3. The molecular formula is C16H18O5. The number of carbonyl (C=O) groups is 3. The van der Waals surface area contributed by atoms with E-state index in [4.69, 9.17) is 9.47 Å². The van der Waals surface area contributed by atoms with Gasteiger partial charge in [0.15, 0.2) is 0 Å². The van der Waals surface area contributed by atoms with Crippen molar-refractivity contribution >= 4 is 17.7 Å². The zero-order chi connectivity index (χ0) is 15.6. The van der Waals surface area contributed by atoms with Crippen LogP contribution >= 0.6 is 0 Å². The molecular weight excluding hydrogens is 272 g/mol. The Morgan fingerprint density at radius 2 is 1.86 bits per heavy atom. The van der Waals surface area contributed by atoms with E-state index in [1.807, 2.05) is 30.3 Å². The maximum Gasteiger partial charge on any atom is 0.323 e. The zero-order valence-electron chi connectivity index (χ0n) is 12.3. The molecule has 3 atom stereocenters. The first-order chi connectivity index (χ1) is 9.87. The van der Waals surface area contributed by atoms with Crippen LogP contribution < -0.4 is 0 Å². The van der Waals surface area contributed by atoms with Crippen LogP contribution in [-0.4, -0.2) is 24.0 Å². The van der Waals surface area contributed by atoms with Gasteiger partial charge < -0.3 is 9.47 Å². The smallest absolute Gasteiger partial charge is 0.323 e. The molecule has 1 aliphatic rings. The van der Waals surface area contributed by atoms with Crippen molar-refractivity contribution in [2.45, 2.75) is 33.5 Å². The van der Waals surface area contributed by atoms with Gasteiger partial charge in [0.2, 0.25) is 0 Å². The molecule has 0 bridgehead atoms. The summed E-state index contributed by atoms with van der Waals surface area (Å²) in [6.45, 7) is 4.31. The summed E-state index contributed by atoms with van der Waals surface area (Å²) >= 11 is 0. The summed E-state index contributed by atoms with van der Waals surface area (Å²) in [4.78, 5) is 35.6. The molecule has 0 saturated carbocycles. The molecule has 0 aliphatic carbocycles. The van der Waals surface area contributed by atoms with Gasteiger partial charge in [0.1, 0.15) is 11.2 Å². The first-order valence-electron chi connectivity index (χ1n) is 6.81. The second-order valence-corrected chi connectivity index (χ2v) is 5.36. The lowest BCUT2D eigenvalue weighted by Gasteiger charge is -2.27. The third kappa shape index (κ3) is 2.68. The van der Waals surface area contributed by atoms with Gasteiger partial charge in [-0.05, 0) is 18.9 Å². The van der Waals surface area contributed by atoms with Gasteiger partial charge in [0.25, 0.3) is 6.29 Å². The van der Waals surface area contributed by atoms with E-state index in [0.29, 0.717) is 0 Å². The van der Waals surface area contributed by atoms with Crippen molar-refractivity contribution in [3.63, 3.8) is 0 Å². The minimum Gasteiger partial charge on any atom is -0.425 e. The monoisotopic (exact) mass is 290 g/mol. The SMILES string of the molecule is CC(=O)O[C@@H]1OC(=O)[C@@](Cc2ccccc2)(C(C)=O)[C@@H]1C. The third-order valence-corrected chi connectivity index (χ3v) is 4.01. The van der Waals surface area contributed by atoms with Gasteiger partial charge in [-0.3, -0.25) is 14.4 Å². The fraction of sp³-hybridized carbons (Fsp3) is 0.438. The predicted molar refractivity (Wildman–Crippen MR) is 74.1 cm³/mol. The number of ether oxygens (including phenoxy) is 2. The molecule has 0 amide bonds. The molecule has 5 nitrogen and oxygen atoms in total. The van der Waals surface area contributed by atoms with Gasteiger partial charge in [-0.25, -0.2) is 0 Å². The summed E-state index contributed by atoms with van der Waals surface area (Å²) in [5.74, 6) is -1.98. The van der Waals surface area contributed by atoms with E-state index in [0.717, 1.165) is 5.56 Å². The van der Waals surface area contributed by atoms with Crippen LogP contribution in [0.25, 0.3) is 0 Å². The number of rotatable bonds is 4. The number of hydrogen-bond donors (Lipinski definition) is 0. The minimum absolute atomic E-state index is 0.237.